The number of nitrogens with zero attached hydrogens (tertiary/aromatic N) is 1. The van der Waals surface area contributed by atoms with Gasteiger partial charge in [-0.3, -0.25) is 0 Å². The topological polar surface area (TPSA) is 30.9 Å². The van der Waals surface area contributed by atoms with Crippen molar-refractivity contribution in [2.45, 2.75) is 5.41 Å². The molecule has 0 radical (unpaired) electrons. The van der Waals surface area contributed by atoms with E-state index >= 15 is 0 Å². The lowest BCUT2D eigenvalue weighted by molar-refractivity contribution is 0.173. The molecule has 0 aliphatic carbocycles. The number of likely N-dealkylation sites (N-methyl/N-ethyl adjacent to an activating group) is 1. The highest BCUT2D eigenvalue weighted by Gasteiger charge is 2.50. The smallest absolute Gasteiger partial charge is 0.231 e. The largest absolute Gasteiger partial charge is 0.492 e. The second-order valence-corrected chi connectivity index (χ2v) is 6.92. The predicted molar refractivity (Wildman–Crippen MR) is 86.3 cm³/mol. The third-order valence-electron chi connectivity index (χ3n) is 4.85. The molecule has 0 bridgehead atoms. The standard InChI is InChI=1S/C17H14BrNO3/c1-19-7-17(16-11(18)3-2-4-12(16)19)8-20-13-6-15-14(5-10(13)17)21-9-22-15/h2-6H,7-9H2,1H3. The van der Waals surface area contributed by atoms with E-state index in [-0.39, 0.29) is 12.2 Å². The first kappa shape index (κ1) is 12.6. The molecule has 1 unspecified atom stereocenters. The molecule has 0 saturated carbocycles. The van der Waals surface area contributed by atoms with Crippen molar-refractivity contribution < 1.29 is 14.2 Å². The Kier molecular flexibility index (Phi) is 2.36. The van der Waals surface area contributed by atoms with Gasteiger partial charge in [-0.25, -0.2) is 0 Å². The second kappa shape index (κ2) is 4.10. The number of halogens is 1. The van der Waals surface area contributed by atoms with Gasteiger partial charge in [0.05, 0.1) is 5.41 Å². The van der Waals surface area contributed by atoms with Crippen LogP contribution in [0.3, 0.4) is 0 Å². The average Bonchev–Trinajstić information content (AvgIpc) is 3.17. The molecule has 0 amide bonds. The second-order valence-electron chi connectivity index (χ2n) is 6.06. The molecular formula is C17H14BrNO3. The maximum Gasteiger partial charge on any atom is 0.231 e. The highest BCUT2D eigenvalue weighted by atomic mass is 79.9. The Morgan fingerprint density at radius 3 is 2.77 bits per heavy atom. The van der Waals surface area contributed by atoms with Gasteiger partial charge in [-0.05, 0) is 18.2 Å². The number of anilines is 1. The predicted octanol–water partition coefficient (Wildman–Crippen LogP) is 3.31. The zero-order chi connectivity index (χ0) is 14.9. The Labute approximate surface area is 136 Å². The molecule has 0 saturated heterocycles. The highest BCUT2D eigenvalue weighted by Crippen LogP contribution is 2.55. The van der Waals surface area contributed by atoms with Gasteiger partial charge in [0.25, 0.3) is 0 Å². The minimum Gasteiger partial charge on any atom is -0.492 e. The molecule has 0 N–H and O–H groups in total. The summed E-state index contributed by atoms with van der Waals surface area (Å²) in [6.45, 7) is 1.83. The van der Waals surface area contributed by atoms with Gasteiger partial charge in [0.1, 0.15) is 12.4 Å². The van der Waals surface area contributed by atoms with Crippen LogP contribution in [-0.4, -0.2) is 27.0 Å². The van der Waals surface area contributed by atoms with Crippen molar-refractivity contribution in [1.82, 2.24) is 0 Å². The minimum atomic E-state index is -0.152. The van der Waals surface area contributed by atoms with Crippen molar-refractivity contribution in [3.8, 4) is 17.2 Å². The van der Waals surface area contributed by atoms with Crippen LogP contribution in [0.4, 0.5) is 5.69 Å². The van der Waals surface area contributed by atoms with Crippen molar-refractivity contribution in [2.24, 2.45) is 0 Å². The molecule has 0 fully saturated rings. The number of hydrogen-bond donors (Lipinski definition) is 0. The third-order valence-corrected chi connectivity index (χ3v) is 5.51. The number of benzene rings is 2. The summed E-state index contributed by atoms with van der Waals surface area (Å²) in [7, 11) is 2.13. The van der Waals surface area contributed by atoms with Crippen LogP contribution in [-0.2, 0) is 5.41 Å². The number of rotatable bonds is 0. The van der Waals surface area contributed by atoms with E-state index in [4.69, 9.17) is 14.2 Å². The SMILES string of the molecule is CN1CC2(COc3cc4c(cc32)OCO4)c2c(Br)cccc21. The summed E-state index contributed by atoms with van der Waals surface area (Å²) < 4.78 is 18.2. The lowest BCUT2D eigenvalue weighted by Gasteiger charge is -2.24. The molecule has 5 heteroatoms. The number of hydrogen-bond acceptors (Lipinski definition) is 4. The van der Waals surface area contributed by atoms with Crippen molar-refractivity contribution in [2.75, 3.05) is 31.9 Å². The van der Waals surface area contributed by atoms with Crippen molar-refractivity contribution in [3.05, 3.63) is 45.9 Å². The lowest BCUT2D eigenvalue weighted by Crippen LogP contribution is -2.34. The van der Waals surface area contributed by atoms with Crippen LogP contribution in [0, 0.1) is 0 Å². The molecule has 2 aromatic rings. The van der Waals surface area contributed by atoms with E-state index in [0.717, 1.165) is 28.3 Å². The molecule has 1 spiro atoms. The number of ether oxygens (including phenoxy) is 3. The zero-order valence-electron chi connectivity index (χ0n) is 12.1. The van der Waals surface area contributed by atoms with E-state index in [1.165, 1.54) is 16.8 Å². The third kappa shape index (κ3) is 1.42. The summed E-state index contributed by atoms with van der Waals surface area (Å²) in [5, 5.41) is 0. The van der Waals surface area contributed by atoms with E-state index in [2.05, 4.69) is 52.1 Å². The van der Waals surface area contributed by atoms with Crippen molar-refractivity contribution >= 4 is 21.6 Å². The van der Waals surface area contributed by atoms with Gasteiger partial charge in [-0.1, -0.05) is 22.0 Å². The zero-order valence-corrected chi connectivity index (χ0v) is 13.6. The summed E-state index contributed by atoms with van der Waals surface area (Å²) in [5.41, 5.74) is 3.59. The van der Waals surface area contributed by atoms with Crippen LogP contribution in [0.1, 0.15) is 11.1 Å². The molecule has 112 valence electrons. The Morgan fingerprint density at radius 1 is 1.09 bits per heavy atom. The Bertz CT molecular complexity index is 807. The van der Waals surface area contributed by atoms with Gasteiger partial charge in [0.2, 0.25) is 6.79 Å². The molecule has 3 aliphatic rings. The quantitative estimate of drug-likeness (QED) is 0.721. The van der Waals surface area contributed by atoms with Gasteiger partial charge < -0.3 is 19.1 Å². The highest BCUT2D eigenvalue weighted by molar-refractivity contribution is 9.10. The molecule has 1 atom stereocenters. The lowest BCUT2D eigenvalue weighted by atomic mass is 9.77. The van der Waals surface area contributed by atoms with E-state index in [0.29, 0.717) is 6.61 Å². The maximum atomic E-state index is 6.04. The normalized spacial score (nSPS) is 23.6. The molecule has 22 heavy (non-hydrogen) atoms. The summed E-state index contributed by atoms with van der Waals surface area (Å²) in [4.78, 5) is 2.29. The van der Waals surface area contributed by atoms with E-state index in [1.807, 2.05) is 6.07 Å². The van der Waals surface area contributed by atoms with E-state index < -0.39 is 0 Å². The van der Waals surface area contributed by atoms with Crippen LogP contribution < -0.4 is 19.1 Å². The minimum absolute atomic E-state index is 0.152. The summed E-state index contributed by atoms with van der Waals surface area (Å²) in [5.74, 6) is 2.49. The first-order valence-corrected chi connectivity index (χ1v) is 8.05. The summed E-state index contributed by atoms with van der Waals surface area (Å²) in [6, 6.07) is 10.4. The van der Waals surface area contributed by atoms with E-state index in [9.17, 15) is 0 Å². The molecule has 5 rings (SSSR count). The Balaban J connectivity index is 1.77. The average molecular weight is 360 g/mol. The van der Waals surface area contributed by atoms with Crippen LogP contribution in [0.25, 0.3) is 0 Å². The van der Waals surface area contributed by atoms with Gasteiger partial charge in [0.15, 0.2) is 11.5 Å². The van der Waals surface area contributed by atoms with Crippen LogP contribution in [0.2, 0.25) is 0 Å². The van der Waals surface area contributed by atoms with E-state index in [1.54, 1.807) is 0 Å². The van der Waals surface area contributed by atoms with Crippen LogP contribution in [0.5, 0.6) is 17.2 Å². The first-order valence-electron chi connectivity index (χ1n) is 7.26. The molecule has 3 aliphatic heterocycles. The Morgan fingerprint density at radius 2 is 1.91 bits per heavy atom. The van der Waals surface area contributed by atoms with Gasteiger partial charge in [-0.2, -0.15) is 0 Å². The van der Waals surface area contributed by atoms with Gasteiger partial charge in [-0.15, -0.1) is 0 Å². The molecular weight excluding hydrogens is 346 g/mol. The van der Waals surface area contributed by atoms with Crippen molar-refractivity contribution in [3.63, 3.8) is 0 Å². The van der Waals surface area contributed by atoms with Crippen LogP contribution >= 0.6 is 15.9 Å². The fraction of sp³-hybridized carbons (Fsp3) is 0.294. The molecule has 0 aromatic heterocycles. The van der Waals surface area contributed by atoms with Crippen LogP contribution in [0.15, 0.2) is 34.8 Å². The fourth-order valence-corrected chi connectivity index (χ4v) is 4.64. The number of fused-ring (bicyclic) bond motifs is 5. The molecule has 4 nitrogen and oxygen atoms in total. The van der Waals surface area contributed by atoms with Crippen molar-refractivity contribution in [1.29, 1.82) is 0 Å². The van der Waals surface area contributed by atoms with Gasteiger partial charge in [0, 0.05) is 40.9 Å². The molecule has 2 aromatic carbocycles. The monoisotopic (exact) mass is 359 g/mol. The Hall–Kier alpha value is -1.88. The van der Waals surface area contributed by atoms with Gasteiger partial charge >= 0.3 is 0 Å². The summed E-state index contributed by atoms with van der Waals surface area (Å²) in [6.07, 6.45) is 0. The summed E-state index contributed by atoms with van der Waals surface area (Å²) >= 11 is 3.74. The maximum absolute atomic E-state index is 6.04. The fourth-order valence-electron chi connectivity index (χ4n) is 3.91. The molecule has 3 heterocycles. The first-order chi connectivity index (χ1) is 10.7.